The first-order valence-electron chi connectivity index (χ1n) is 14.9. The first kappa shape index (κ1) is 31.3. The van der Waals surface area contributed by atoms with Crippen molar-refractivity contribution in [2.75, 3.05) is 20.2 Å². The Hall–Kier alpha value is -4.11. The van der Waals surface area contributed by atoms with Gasteiger partial charge in [-0.05, 0) is 62.8 Å². The van der Waals surface area contributed by atoms with Crippen LogP contribution in [0.25, 0.3) is 33.6 Å². The molecule has 0 spiro atoms. The fourth-order valence-electron chi connectivity index (χ4n) is 5.66. The summed E-state index contributed by atoms with van der Waals surface area (Å²) < 4.78 is 33.4. The van der Waals surface area contributed by atoms with E-state index < -0.39 is 6.43 Å². The molecule has 0 saturated carbocycles. The van der Waals surface area contributed by atoms with Crippen molar-refractivity contribution in [3.05, 3.63) is 92.2 Å². The molecule has 2 aromatic heterocycles. The number of benzene rings is 2. The van der Waals surface area contributed by atoms with Crippen LogP contribution in [0.15, 0.2) is 64.3 Å². The quantitative estimate of drug-likeness (QED) is 0.199. The maximum Gasteiger partial charge on any atom is 0.265 e. The van der Waals surface area contributed by atoms with Crippen LogP contribution in [0.5, 0.6) is 5.75 Å². The third-order valence-corrected chi connectivity index (χ3v) is 8.82. The number of nitrogens with zero attached hydrogens (tertiary/aromatic N) is 3. The minimum atomic E-state index is -2.56. The number of likely N-dealkylation sites (tertiary alicyclic amines) is 1. The molecular formula is C35H37F2N3O3S. The molecule has 9 heteroatoms. The number of aryl methyl sites for hydroxylation is 1. The number of carbonyl (C=O) groups excluding carboxylic acids is 1. The van der Waals surface area contributed by atoms with Gasteiger partial charge in [0, 0.05) is 35.7 Å². The second-order valence-electron chi connectivity index (χ2n) is 11.5. The second kappa shape index (κ2) is 13.3. The lowest BCUT2D eigenvalue weighted by atomic mass is 9.98. The molecule has 1 atom stereocenters. The van der Waals surface area contributed by atoms with E-state index in [1.54, 1.807) is 35.3 Å². The van der Waals surface area contributed by atoms with Gasteiger partial charge in [0.15, 0.2) is 0 Å². The Bertz CT molecular complexity index is 1750. The number of carbonyl (C=O) groups is 1. The smallest absolute Gasteiger partial charge is 0.265 e. The van der Waals surface area contributed by atoms with Crippen molar-refractivity contribution in [3.63, 3.8) is 0 Å². The summed E-state index contributed by atoms with van der Waals surface area (Å²) in [6, 6.07) is 13.3. The van der Waals surface area contributed by atoms with Gasteiger partial charge in [-0.3, -0.25) is 14.2 Å². The summed E-state index contributed by atoms with van der Waals surface area (Å²) >= 11 is 1.28. The van der Waals surface area contributed by atoms with E-state index in [0.29, 0.717) is 70.0 Å². The Balaban J connectivity index is 1.77. The number of rotatable bonds is 8. The summed E-state index contributed by atoms with van der Waals surface area (Å²) in [7, 11) is 1.58. The minimum absolute atomic E-state index is 0.0675. The number of halogens is 2. The van der Waals surface area contributed by atoms with E-state index in [1.165, 1.54) is 23.5 Å². The standard InChI is InChI=1S/C35H37F2N3O3S/c1-6-23-13-14-26(43-5)17-30(23)40-31(16-21(2)3)27(34(41)39-15-7-8-22(4)19-39)18-28(35(40)42)33-38-29(20-44-33)24-9-11-25(12-10-24)32(36)37/h9-14,16-18,20,22,32H,6-8,15,19H2,1-5H3/t22-/m1/s1. The maximum absolute atomic E-state index is 14.6. The van der Waals surface area contributed by atoms with E-state index >= 15 is 0 Å². The minimum Gasteiger partial charge on any atom is -0.497 e. The summed E-state index contributed by atoms with van der Waals surface area (Å²) in [5, 5.41) is 2.25. The molecule has 1 aliphatic rings. The summed E-state index contributed by atoms with van der Waals surface area (Å²) in [4.78, 5) is 35.5. The Morgan fingerprint density at radius 2 is 1.91 bits per heavy atom. The lowest BCUT2D eigenvalue weighted by molar-refractivity contribution is 0.0682. The van der Waals surface area contributed by atoms with Crippen LogP contribution in [0, 0.1) is 5.92 Å². The van der Waals surface area contributed by atoms with E-state index in [2.05, 4.69) is 6.92 Å². The summed E-state index contributed by atoms with van der Waals surface area (Å²) in [5.41, 5.74) is 4.62. The number of piperidine rings is 1. The van der Waals surface area contributed by atoms with Crippen molar-refractivity contribution >= 4 is 23.3 Å². The monoisotopic (exact) mass is 617 g/mol. The van der Waals surface area contributed by atoms with Crippen LogP contribution >= 0.6 is 11.3 Å². The van der Waals surface area contributed by atoms with Crippen molar-refractivity contribution in [2.24, 2.45) is 5.92 Å². The Morgan fingerprint density at radius 1 is 1.16 bits per heavy atom. The fraction of sp³-hybridized carbons (Fsp3) is 0.343. The number of aromatic nitrogens is 2. The van der Waals surface area contributed by atoms with Gasteiger partial charge in [0.25, 0.3) is 17.9 Å². The molecule has 1 saturated heterocycles. The summed E-state index contributed by atoms with van der Waals surface area (Å²) in [5.74, 6) is 0.853. The number of hydrogen-bond acceptors (Lipinski definition) is 5. The van der Waals surface area contributed by atoms with Crippen molar-refractivity contribution < 1.29 is 18.3 Å². The van der Waals surface area contributed by atoms with Crippen LogP contribution in [-0.2, 0) is 6.42 Å². The van der Waals surface area contributed by atoms with Crippen LogP contribution in [0.4, 0.5) is 8.78 Å². The van der Waals surface area contributed by atoms with E-state index in [4.69, 9.17) is 9.72 Å². The molecule has 4 aromatic rings. The predicted molar refractivity (Wildman–Crippen MR) is 173 cm³/mol. The topological polar surface area (TPSA) is 64.4 Å². The molecule has 5 rings (SSSR count). The normalized spacial score (nSPS) is 15.0. The molecule has 6 nitrogen and oxygen atoms in total. The zero-order valence-electron chi connectivity index (χ0n) is 25.7. The van der Waals surface area contributed by atoms with E-state index in [1.807, 2.05) is 49.9 Å². The van der Waals surface area contributed by atoms with Crippen LogP contribution in [0.1, 0.15) is 74.1 Å². The SMILES string of the molecule is CCc1ccc(OC)cc1-n1c(C=C(C)C)c(C(=O)N2CCC[C@@H](C)C2)cc(-c2nc(-c3ccc(C(F)F)cc3)cs2)c1=O. The Kier molecular flexibility index (Phi) is 9.44. The molecule has 230 valence electrons. The summed E-state index contributed by atoms with van der Waals surface area (Å²) in [6.07, 6.45) is 1.99. The Labute approximate surface area is 260 Å². The molecule has 3 heterocycles. The van der Waals surface area contributed by atoms with Crippen molar-refractivity contribution in [1.82, 2.24) is 14.5 Å². The van der Waals surface area contributed by atoms with Gasteiger partial charge in [-0.15, -0.1) is 11.3 Å². The third kappa shape index (κ3) is 6.38. The lowest BCUT2D eigenvalue weighted by Crippen LogP contribution is -2.40. The third-order valence-electron chi connectivity index (χ3n) is 7.95. The van der Waals surface area contributed by atoms with Crippen molar-refractivity contribution in [1.29, 1.82) is 0 Å². The van der Waals surface area contributed by atoms with Crippen molar-refractivity contribution in [2.45, 2.75) is 53.4 Å². The molecule has 0 unspecified atom stereocenters. The number of amides is 1. The highest BCUT2D eigenvalue weighted by Gasteiger charge is 2.28. The highest BCUT2D eigenvalue weighted by atomic mass is 32.1. The van der Waals surface area contributed by atoms with Crippen molar-refractivity contribution in [3.8, 4) is 33.3 Å². The zero-order chi connectivity index (χ0) is 31.5. The molecule has 0 N–H and O–H groups in total. The molecule has 1 amide bonds. The highest BCUT2D eigenvalue weighted by molar-refractivity contribution is 7.13. The van der Waals surface area contributed by atoms with Crippen LogP contribution < -0.4 is 10.3 Å². The van der Waals surface area contributed by atoms with Gasteiger partial charge in [0.05, 0.1) is 35.3 Å². The predicted octanol–water partition coefficient (Wildman–Crippen LogP) is 8.43. The van der Waals surface area contributed by atoms with Gasteiger partial charge in [-0.25, -0.2) is 13.8 Å². The number of alkyl halides is 2. The first-order valence-corrected chi connectivity index (χ1v) is 15.7. The molecule has 1 fully saturated rings. The second-order valence-corrected chi connectivity index (χ2v) is 12.4. The molecular weight excluding hydrogens is 580 g/mol. The number of allylic oxidation sites excluding steroid dienone is 1. The molecule has 0 aliphatic carbocycles. The Morgan fingerprint density at radius 3 is 2.55 bits per heavy atom. The number of thiazole rings is 1. The first-order chi connectivity index (χ1) is 21.1. The van der Waals surface area contributed by atoms with Gasteiger partial charge in [-0.1, -0.05) is 49.8 Å². The average molecular weight is 618 g/mol. The number of ether oxygens (including phenoxy) is 1. The zero-order valence-corrected chi connectivity index (χ0v) is 26.5. The average Bonchev–Trinajstić information content (AvgIpc) is 3.50. The molecule has 0 radical (unpaired) electrons. The van der Waals surface area contributed by atoms with Crippen LogP contribution in [-0.4, -0.2) is 40.6 Å². The van der Waals surface area contributed by atoms with Crippen LogP contribution in [0.3, 0.4) is 0 Å². The van der Waals surface area contributed by atoms with Crippen LogP contribution in [0.2, 0.25) is 0 Å². The van der Waals surface area contributed by atoms with Gasteiger partial charge < -0.3 is 9.64 Å². The molecule has 2 aromatic carbocycles. The number of methoxy groups -OCH3 is 1. The number of pyridine rings is 1. The highest BCUT2D eigenvalue weighted by Crippen LogP contribution is 2.33. The lowest BCUT2D eigenvalue weighted by Gasteiger charge is -2.32. The molecule has 44 heavy (non-hydrogen) atoms. The van der Waals surface area contributed by atoms with E-state index in [0.717, 1.165) is 24.0 Å². The maximum atomic E-state index is 14.6. The van der Waals surface area contributed by atoms with Gasteiger partial charge in [0.1, 0.15) is 10.8 Å². The molecule has 0 bridgehead atoms. The van der Waals surface area contributed by atoms with Gasteiger partial charge in [-0.2, -0.15) is 0 Å². The largest absolute Gasteiger partial charge is 0.497 e. The summed E-state index contributed by atoms with van der Waals surface area (Å²) in [6.45, 7) is 9.36. The molecule has 1 aliphatic heterocycles. The van der Waals surface area contributed by atoms with Gasteiger partial charge >= 0.3 is 0 Å². The van der Waals surface area contributed by atoms with Gasteiger partial charge in [0.2, 0.25) is 0 Å². The fourth-order valence-corrected chi connectivity index (χ4v) is 6.50. The number of hydrogen-bond donors (Lipinski definition) is 0. The van der Waals surface area contributed by atoms with E-state index in [-0.39, 0.29) is 17.0 Å². The van der Waals surface area contributed by atoms with E-state index in [9.17, 15) is 18.4 Å².